The van der Waals surface area contributed by atoms with Crippen LogP contribution in [-0.4, -0.2) is 123 Å². The number of β-lactam (4-membered cyclic amide) rings is 1. The van der Waals surface area contributed by atoms with Crippen LogP contribution in [0, 0.1) is 23.7 Å². The minimum Gasteiger partial charge on any atom is -0.477 e. The highest BCUT2D eigenvalue weighted by Crippen LogP contribution is 2.46. The van der Waals surface area contributed by atoms with Gasteiger partial charge in [0.2, 0.25) is 5.91 Å². The van der Waals surface area contributed by atoms with E-state index in [1.807, 2.05) is 6.92 Å². The van der Waals surface area contributed by atoms with Gasteiger partial charge in [0.15, 0.2) is 4.34 Å². The molecule has 0 spiro atoms. The van der Waals surface area contributed by atoms with Crippen molar-refractivity contribution in [1.29, 1.82) is 0 Å². The van der Waals surface area contributed by atoms with Crippen molar-refractivity contribution in [3.63, 3.8) is 0 Å². The highest BCUT2D eigenvalue weighted by atomic mass is 32.2. The Morgan fingerprint density at radius 1 is 1.20 bits per heavy atom. The summed E-state index contributed by atoms with van der Waals surface area (Å²) in [6.45, 7) is 13.0. The van der Waals surface area contributed by atoms with Crippen molar-refractivity contribution in [2.75, 3.05) is 64.7 Å². The molecule has 6 heterocycles. The number of hydrogen-bond acceptors (Lipinski definition) is 7. The van der Waals surface area contributed by atoms with Crippen LogP contribution in [0.15, 0.2) is 33.8 Å². The third kappa shape index (κ3) is 5.09. The third-order valence-corrected chi connectivity index (χ3v) is 12.0. The molecule has 0 aliphatic carbocycles. The fourth-order valence-electron chi connectivity index (χ4n) is 7.32. The first-order chi connectivity index (χ1) is 19.7. The van der Waals surface area contributed by atoms with Crippen LogP contribution in [0.4, 0.5) is 0 Å². The number of benzene rings is 1. The predicted molar refractivity (Wildman–Crippen MR) is 158 cm³/mol. The molecule has 4 atom stereocenters. The lowest BCUT2D eigenvalue weighted by Gasteiger charge is -2.55. The number of nitrogens with zero attached hydrogens (tertiary/aromatic N) is 4. The zero-order chi connectivity index (χ0) is 28.9. The maximum Gasteiger partial charge on any atom is 0.353 e. The van der Waals surface area contributed by atoms with Crippen molar-refractivity contribution in [3.05, 3.63) is 35.0 Å². The normalized spacial score (nSPS) is 31.2. The summed E-state index contributed by atoms with van der Waals surface area (Å²) in [5, 5.41) is 29.2. The summed E-state index contributed by atoms with van der Waals surface area (Å²) >= 11 is 3.18. The van der Waals surface area contributed by atoms with Gasteiger partial charge in [-0.25, -0.2) is 9.78 Å². The first kappa shape index (κ1) is 28.6. The molecule has 5 aliphatic rings. The molecule has 41 heavy (non-hydrogen) atoms. The molecule has 3 N–H and O–H groups in total. The summed E-state index contributed by atoms with van der Waals surface area (Å²) < 4.78 is 4.38. The number of aliphatic hydroxyl groups excluding tert-OH is 2. The first-order valence-corrected chi connectivity index (χ1v) is 16.3. The summed E-state index contributed by atoms with van der Waals surface area (Å²) in [7, 11) is 0. The minimum absolute atomic E-state index is 0.0439. The number of carbonyl (C=O) groups is 2. The summed E-state index contributed by atoms with van der Waals surface area (Å²) in [6.07, 6.45) is 0.214. The summed E-state index contributed by atoms with van der Waals surface area (Å²) in [6, 6.07) is 6.25. The number of aliphatic carboxylic acids is 1. The number of carboxylic acids is 1. The molecule has 9 nitrogen and oxygen atoms in total. The van der Waals surface area contributed by atoms with Crippen molar-refractivity contribution in [1.82, 2.24) is 9.88 Å². The molecule has 1 aromatic carbocycles. The Kier molecular flexibility index (Phi) is 7.68. The van der Waals surface area contributed by atoms with Crippen molar-refractivity contribution in [2.45, 2.75) is 36.8 Å². The molecule has 0 unspecified atom stereocenters. The topological polar surface area (TPSA) is 111 Å². The van der Waals surface area contributed by atoms with Gasteiger partial charge in [0.25, 0.3) is 0 Å². The Labute approximate surface area is 248 Å². The van der Waals surface area contributed by atoms with Gasteiger partial charge in [-0.05, 0) is 24.6 Å². The van der Waals surface area contributed by atoms with Crippen LogP contribution < -0.4 is 0 Å². The van der Waals surface area contributed by atoms with E-state index in [4.69, 9.17) is 4.98 Å². The number of thiazole rings is 1. The smallest absolute Gasteiger partial charge is 0.353 e. The van der Waals surface area contributed by atoms with E-state index in [0.717, 1.165) is 38.5 Å². The van der Waals surface area contributed by atoms with Crippen LogP contribution in [0.1, 0.15) is 19.4 Å². The van der Waals surface area contributed by atoms with Gasteiger partial charge in [0.1, 0.15) is 51.5 Å². The Balaban J connectivity index is 1.07. The van der Waals surface area contributed by atoms with E-state index < -0.39 is 18.0 Å². The number of fused-ring (bicyclic) bond motifs is 5. The number of piperazine rings is 3. The SMILES string of the molecule is C[C@@H](O)[C@H]1C(=O)N2C(C(=O)O)=C(C#CCSc3nc4cc(CC[N+]56CC[N+](CCO)(CC5)CC6)ccc4s3)[C@H](C)[C@H]12. The largest absolute Gasteiger partial charge is 0.477 e. The van der Waals surface area contributed by atoms with E-state index in [1.165, 1.54) is 66.0 Å². The third-order valence-electron chi connectivity index (χ3n) is 9.89. The number of rotatable bonds is 9. The van der Waals surface area contributed by atoms with Gasteiger partial charge in [-0.2, -0.15) is 0 Å². The molecule has 11 heteroatoms. The van der Waals surface area contributed by atoms with Crippen LogP contribution in [0.2, 0.25) is 0 Å². The fraction of sp³-hybridized carbons (Fsp3) is 0.567. The second-order valence-corrected chi connectivity index (χ2v) is 14.4. The molecular formula is C30H38N4O5S2+2. The quantitative estimate of drug-likeness (QED) is 0.175. The fourth-order valence-corrected chi connectivity index (χ4v) is 9.11. The molecule has 0 saturated carbocycles. The van der Waals surface area contributed by atoms with Gasteiger partial charge in [-0.15, -0.1) is 11.3 Å². The van der Waals surface area contributed by atoms with E-state index in [0.29, 0.717) is 11.3 Å². The Morgan fingerprint density at radius 3 is 2.51 bits per heavy atom. The first-order valence-electron chi connectivity index (χ1n) is 14.5. The molecule has 7 rings (SSSR count). The number of quaternary nitrogens is 2. The van der Waals surface area contributed by atoms with Crippen LogP contribution in [-0.2, 0) is 16.0 Å². The number of carboxylic acid groups (broad SMARTS) is 1. The maximum absolute atomic E-state index is 12.5. The number of carbonyl (C=O) groups excluding carboxylic acids is 1. The van der Waals surface area contributed by atoms with Gasteiger partial charge < -0.3 is 29.2 Å². The van der Waals surface area contributed by atoms with Crippen molar-refractivity contribution >= 4 is 45.2 Å². The molecule has 1 aromatic heterocycles. The van der Waals surface area contributed by atoms with Crippen molar-refractivity contribution in [3.8, 4) is 11.8 Å². The highest BCUT2D eigenvalue weighted by Gasteiger charge is 2.59. The van der Waals surface area contributed by atoms with Crippen LogP contribution >= 0.6 is 23.1 Å². The molecule has 0 radical (unpaired) electrons. The minimum atomic E-state index is -1.16. The average molecular weight is 599 g/mol. The van der Waals surface area contributed by atoms with E-state index >= 15 is 0 Å². The van der Waals surface area contributed by atoms with Gasteiger partial charge >= 0.3 is 5.97 Å². The molecule has 5 aliphatic heterocycles. The average Bonchev–Trinajstić information content (AvgIpc) is 3.46. The van der Waals surface area contributed by atoms with Gasteiger partial charge in [-0.1, -0.05) is 36.6 Å². The maximum atomic E-state index is 12.5. The zero-order valence-electron chi connectivity index (χ0n) is 23.6. The standard InChI is InChI=1S/C30H37N4O5S2/c1-19-22(27(29(38)39)32-26(19)25(20(2)36)28(32)37)4-3-17-40-30-31-23-18-21(5-6-24(23)41-30)7-8-33-9-12-34(13-10-33,14-11-33)15-16-35/h5-6,18-20,25-26,35-36H,7-17H2,1-2H3/q+1/p+1/t19-,20+,25+,26+,33?,34?/m0/s1. The molecule has 1 amide bonds. The number of aliphatic hydroxyl groups is 2. The van der Waals surface area contributed by atoms with E-state index in [2.05, 4.69) is 30.0 Å². The summed E-state index contributed by atoms with van der Waals surface area (Å²) in [5.74, 6) is 4.28. The van der Waals surface area contributed by atoms with Crippen LogP contribution in [0.25, 0.3) is 10.2 Å². The molecule has 4 fully saturated rings. The second kappa shape index (κ2) is 11.0. The number of amides is 1. The van der Waals surface area contributed by atoms with E-state index in [1.54, 1.807) is 18.3 Å². The Hall–Kier alpha value is -2.46. The Morgan fingerprint density at radius 2 is 1.88 bits per heavy atom. The lowest BCUT2D eigenvalue weighted by molar-refractivity contribution is -1.08. The molecular weight excluding hydrogens is 560 g/mol. The van der Waals surface area contributed by atoms with Crippen LogP contribution in [0.3, 0.4) is 0 Å². The van der Waals surface area contributed by atoms with Crippen molar-refractivity contribution < 1.29 is 33.9 Å². The lowest BCUT2D eigenvalue weighted by Crippen LogP contribution is -2.75. The lowest BCUT2D eigenvalue weighted by atomic mass is 9.78. The Bertz CT molecular complexity index is 1450. The molecule has 2 bridgehead atoms. The predicted octanol–water partition coefficient (Wildman–Crippen LogP) is 1.78. The highest BCUT2D eigenvalue weighted by molar-refractivity contribution is 8.01. The second-order valence-electron chi connectivity index (χ2n) is 12.1. The van der Waals surface area contributed by atoms with Gasteiger partial charge in [0.05, 0.1) is 47.2 Å². The molecule has 218 valence electrons. The van der Waals surface area contributed by atoms with E-state index in [-0.39, 0.29) is 30.2 Å². The number of thioether (sulfide) groups is 1. The number of hydrogen-bond donors (Lipinski definition) is 3. The molecule has 2 aromatic rings. The van der Waals surface area contributed by atoms with Gasteiger partial charge in [0, 0.05) is 17.9 Å². The zero-order valence-corrected chi connectivity index (χ0v) is 25.2. The van der Waals surface area contributed by atoms with E-state index in [9.17, 15) is 24.9 Å². The monoisotopic (exact) mass is 598 g/mol. The van der Waals surface area contributed by atoms with Crippen molar-refractivity contribution in [2.24, 2.45) is 11.8 Å². The number of aromatic nitrogens is 1. The van der Waals surface area contributed by atoms with Crippen LogP contribution in [0.5, 0.6) is 0 Å². The summed E-state index contributed by atoms with van der Waals surface area (Å²) in [4.78, 5) is 30.6. The molecule has 4 saturated heterocycles. The van der Waals surface area contributed by atoms with Gasteiger partial charge in [-0.3, -0.25) is 4.79 Å². The summed E-state index contributed by atoms with van der Waals surface area (Å²) in [5.41, 5.74) is 2.74.